The third-order valence-corrected chi connectivity index (χ3v) is 7.84. The predicted molar refractivity (Wildman–Crippen MR) is 148 cm³/mol. The van der Waals surface area contributed by atoms with Gasteiger partial charge in [0.2, 0.25) is 11.8 Å². The van der Waals surface area contributed by atoms with Gasteiger partial charge in [0.05, 0.1) is 17.7 Å². The van der Waals surface area contributed by atoms with Gasteiger partial charge in [-0.2, -0.15) is 0 Å². The molecule has 0 radical (unpaired) electrons. The Morgan fingerprint density at radius 1 is 0.949 bits per heavy atom. The molecule has 10 heteroatoms. The number of nitrogens with zero attached hydrogens (tertiary/aromatic N) is 2. The van der Waals surface area contributed by atoms with Crippen LogP contribution in [0.3, 0.4) is 0 Å². The monoisotopic (exact) mass is 555 g/mol. The molecular formula is C29H34FN3O5S. The summed E-state index contributed by atoms with van der Waals surface area (Å²) in [7, 11) is -2.66. The van der Waals surface area contributed by atoms with E-state index in [0.717, 1.165) is 22.0 Å². The van der Waals surface area contributed by atoms with Crippen LogP contribution in [0.4, 0.5) is 10.1 Å². The molecule has 3 aromatic rings. The average molecular weight is 556 g/mol. The van der Waals surface area contributed by atoms with Gasteiger partial charge in [0.15, 0.2) is 0 Å². The summed E-state index contributed by atoms with van der Waals surface area (Å²) in [6, 6.07) is 18.6. The molecule has 0 aliphatic carbocycles. The number of amides is 2. The second kappa shape index (κ2) is 13.2. The van der Waals surface area contributed by atoms with Crippen LogP contribution in [0.15, 0.2) is 83.8 Å². The Balaban J connectivity index is 2.04. The molecule has 1 unspecified atom stereocenters. The van der Waals surface area contributed by atoms with Crippen molar-refractivity contribution < 1.29 is 27.1 Å². The van der Waals surface area contributed by atoms with E-state index in [9.17, 15) is 22.4 Å². The number of hydrogen-bond donors (Lipinski definition) is 1. The van der Waals surface area contributed by atoms with E-state index < -0.39 is 34.3 Å². The molecule has 0 bridgehead atoms. The molecule has 1 atom stereocenters. The number of methoxy groups -OCH3 is 1. The fraction of sp³-hybridized carbons (Fsp3) is 0.310. The molecule has 208 valence electrons. The molecule has 39 heavy (non-hydrogen) atoms. The number of nitrogens with one attached hydrogen (secondary N) is 1. The largest absolute Gasteiger partial charge is 0.497 e. The molecular weight excluding hydrogens is 521 g/mol. The minimum atomic E-state index is -4.20. The van der Waals surface area contributed by atoms with Crippen molar-refractivity contribution in [1.29, 1.82) is 0 Å². The van der Waals surface area contributed by atoms with E-state index >= 15 is 0 Å². The highest BCUT2D eigenvalue weighted by Crippen LogP contribution is 2.25. The Morgan fingerprint density at radius 2 is 1.56 bits per heavy atom. The van der Waals surface area contributed by atoms with Gasteiger partial charge in [-0.15, -0.1) is 0 Å². The van der Waals surface area contributed by atoms with Crippen LogP contribution in [0, 0.1) is 5.82 Å². The lowest BCUT2D eigenvalue weighted by atomic mass is 10.1. The van der Waals surface area contributed by atoms with Crippen LogP contribution >= 0.6 is 0 Å². The minimum Gasteiger partial charge on any atom is -0.497 e. The number of anilines is 1. The van der Waals surface area contributed by atoms with Crippen molar-refractivity contribution in [2.75, 3.05) is 18.0 Å². The lowest BCUT2D eigenvalue weighted by Gasteiger charge is -2.33. The van der Waals surface area contributed by atoms with Crippen LogP contribution in [-0.2, 0) is 26.2 Å². The maximum atomic E-state index is 13.9. The summed E-state index contributed by atoms with van der Waals surface area (Å²) in [5.41, 5.74) is 0.858. The van der Waals surface area contributed by atoms with E-state index in [1.165, 1.54) is 29.2 Å². The number of carbonyl (C=O) groups excluding carboxylic acids is 2. The maximum absolute atomic E-state index is 13.9. The minimum absolute atomic E-state index is 0.0200. The summed E-state index contributed by atoms with van der Waals surface area (Å²) in [4.78, 5) is 28.4. The first-order chi connectivity index (χ1) is 18.6. The normalized spacial score (nSPS) is 12.1. The molecule has 0 saturated heterocycles. The highest BCUT2D eigenvalue weighted by molar-refractivity contribution is 7.92. The first-order valence-corrected chi connectivity index (χ1v) is 14.1. The van der Waals surface area contributed by atoms with Gasteiger partial charge in [0.25, 0.3) is 10.0 Å². The summed E-state index contributed by atoms with van der Waals surface area (Å²) >= 11 is 0. The van der Waals surface area contributed by atoms with E-state index in [0.29, 0.717) is 12.2 Å². The van der Waals surface area contributed by atoms with Gasteiger partial charge in [0, 0.05) is 12.6 Å². The lowest BCUT2D eigenvalue weighted by molar-refractivity contribution is -0.140. The second-order valence-electron chi connectivity index (χ2n) is 9.26. The summed E-state index contributed by atoms with van der Waals surface area (Å²) < 4.78 is 47.2. The zero-order chi connectivity index (χ0) is 28.6. The third-order valence-electron chi connectivity index (χ3n) is 6.05. The Morgan fingerprint density at radius 3 is 2.10 bits per heavy atom. The molecule has 0 saturated carbocycles. The Labute approximate surface area is 229 Å². The van der Waals surface area contributed by atoms with Crippen LogP contribution in [-0.4, -0.2) is 50.9 Å². The quantitative estimate of drug-likeness (QED) is 0.358. The Hall–Kier alpha value is -3.92. The first kappa shape index (κ1) is 29.6. The Kier molecular flexibility index (Phi) is 10.1. The molecule has 0 spiro atoms. The zero-order valence-corrected chi connectivity index (χ0v) is 23.3. The van der Waals surface area contributed by atoms with Crippen LogP contribution in [0.2, 0.25) is 0 Å². The number of carbonyl (C=O) groups is 2. The molecule has 1 N–H and O–H groups in total. The number of benzene rings is 3. The molecule has 0 aliphatic heterocycles. The van der Waals surface area contributed by atoms with Crippen molar-refractivity contribution in [1.82, 2.24) is 10.2 Å². The number of hydrogen-bond acceptors (Lipinski definition) is 5. The Bertz CT molecular complexity index is 1350. The average Bonchev–Trinajstić information content (AvgIpc) is 2.92. The fourth-order valence-corrected chi connectivity index (χ4v) is 5.52. The number of rotatable bonds is 12. The van der Waals surface area contributed by atoms with Crippen molar-refractivity contribution in [2.45, 2.75) is 50.7 Å². The molecule has 3 rings (SSSR count). The fourth-order valence-electron chi connectivity index (χ4n) is 4.08. The van der Waals surface area contributed by atoms with Crippen molar-refractivity contribution in [2.24, 2.45) is 0 Å². The SMILES string of the molecule is CCC(C(=O)NC(C)C)N(Cc1ccc(OC)cc1)C(=O)CN(c1ccc(F)cc1)S(=O)(=O)c1ccccc1. The van der Waals surface area contributed by atoms with Gasteiger partial charge >= 0.3 is 0 Å². The van der Waals surface area contributed by atoms with Gasteiger partial charge in [-0.1, -0.05) is 37.3 Å². The smallest absolute Gasteiger partial charge is 0.264 e. The van der Waals surface area contributed by atoms with E-state index in [1.807, 2.05) is 13.8 Å². The van der Waals surface area contributed by atoms with Gasteiger partial charge in [-0.05, 0) is 74.4 Å². The van der Waals surface area contributed by atoms with E-state index in [-0.39, 0.29) is 29.1 Å². The summed E-state index contributed by atoms with van der Waals surface area (Å²) in [6.07, 6.45) is 0.308. The molecule has 0 heterocycles. The molecule has 2 amide bonds. The molecule has 8 nitrogen and oxygen atoms in total. The second-order valence-corrected chi connectivity index (χ2v) is 11.1. The molecule has 0 aliphatic rings. The lowest BCUT2D eigenvalue weighted by Crippen LogP contribution is -2.53. The van der Waals surface area contributed by atoms with Crippen LogP contribution < -0.4 is 14.4 Å². The number of ether oxygens (including phenoxy) is 1. The topological polar surface area (TPSA) is 96.0 Å². The molecule has 0 fully saturated rings. The molecule has 3 aromatic carbocycles. The van der Waals surface area contributed by atoms with Crippen molar-refractivity contribution in [3.63, 3.8) is 0 Å². The third kappa shape index (κ3) is 7.57. The zero-order valence-electron chi connectivity index (χ0n) is 22.5. The summed E-state index contributed by atoms with van der Waals surface area (Å²) in [5, 5.41) is 2.85. The predicted octanol–water partition coefficient (Wildman–Crippen LogP) is 4.36. The maximum Gasteiger partial charge on any atom is 0.264 e. The number of halogens is 1. The van der Waals surface area contributed by atoms with Gasteiger partial charge in [0.1, 0.15) is 24.2 Å². The van der Waals surface area contributed by atoms with Gasteiger partial charge in [-0.3, -0.25) is 13.9 Å². The van der Waals surface area contributed by atoms with Gasteiger partial charge < -0.3 is 15.0 Å². The van der Waals surface area contributed by atoms with Crippen LogP contribution in [0.5, 0.6) is 5.75 Å². The summed E-state index contributed by atoms with van der Waals surface area (Å²) in [5.74, 6) is -0.827. The highest BCUT2D eigenvalue weighted by Gasteiger charge is 2.33. The molecule has 0 aromatic heterocycles. The van der Waals surface area contributed by atoms with E-state index in [2.05, 4.69) is 5.32 Å². The highest BCUT2D eigenvalue weighted by atomic mass is 32.2. The van der Waals surface area contributed by atoms with Crippen molar-refractivity contribution >= 4 is 27.5 Å². The van der Waals surface area contributed by atoms with Crippen molar-refractivity contribution in [3.05, 3.63) is 90.2 Å². The standard InChI is InChI=1S/C29H34FN3O5S/c1-5-27(29(35)31-21(2)3)32(19-22-11-17-25(38-4)18-12-22)28(34)20-33(24-15-13-23(30)14-16-24)39(36,37)26-9-7-6-8-10-26/h6-18,21,27H,5,19-20H2,1-4H3,(H,31,35). The van der Waals surface area contributed by atoms with Crippen molar-refractivity contribution in [3.8, 4) is 5.75 Å². The first-order valence-electron chi connectivity index (χ1n) is 12.6. The van der Waals surface area contributed by atoms with Gasteiger partial charge in [-0.25, -0.2) is 12.8 Å². The van der Waals surface area contributed by atoms with Crippen LogP contribution in [0.25, 0.3) is 0 Å². The summed E-state index contributed by atoms with van der Waals surface area (Å²) in [6.45, 7) is 4.91. The van der Waals surface area contributed by atoms with E-state index in [4.69, 9.17) is 4.74 Å². The van der Waals surface area contributed by atoms with Crippen LogP contribution in [0.1, 0.15) is 32.8 Å². The number of sulfonamides is 1. The van der Waals surface area contributed by atoms with E-state index in [1.54, 1.807) is 56.5 Å².